The van der Waals surface area contributed by atoms with Crippen LogP contribution >= 0.6 is 0 Å². The Morgan fingerprint density at radius 1 is 1.50 bits per heavy atom. The van der Waals surface area contributed by atoms with Crippen molar-refractivity contribution in [3.05, 3.63) is 0 Å². The van der Waals surface area contributed by atoms with Crippen molar-refractivity contribution >= 4 is 11.9 Å². The molecule has 0 aliphatic rings. The summed E-state index contributed by atoms with van der Waals surface area (Å²) in [7, 11) is 0. The third-order valence-electron chi connectivity index (χ3n) is 1.28. The number of nitrogens with one attached hydrogen (secondary N) is 1. The van der Waals surface area contributed by atoms with Crippen LogP contribution in [0.25, 0.3) is 0 Å². The van der Waals surface area contributed by atoms with Gasteiger partial charge in [0.25, 0.3) is 0 Å². The van der Waals surface area contributed by atoms with Crippen LogP contribution in [0.5, 0.6) is 0 Å². The summed E-state index contributed by atoms with van der Waals surface area (Å²) >= 11 is 0. The third kappa shape index (κ3) is 4.68. The summed E-state index contributed by atoms with van der Waals surface area (Å²) in [5.74, 6) is -1.27. The summed E-state index contributed by atoms with van der Waals surface area (Å²) in [5, 5.41) is 10.8. The molecule has 0 fully saturated rings. The highest BCUT2D eigenvalue weighted by Crippen LogP contribution is 1.90. The highest BCUT2D eigenvalue weighted by molar-refractivity contribution is 5.81. The number of hydrogen-bond acceptors (Lipinski definition) is 3. The Labute approximate surface area is 70.9 Å². The zero-order valence-corrected chi connectivity index (χ0v) is 7.20. The van der Waals surface area contributed by atoms with Gasteiger partial charge in [-0.3, -0.25) is 9.59 Å². The lowest BCUT2D eigenvalue weighted by atomic mass is 10.2. The molecule has 0 aromatic rings. The molecule has 0 radical (unpaired) electrons. The fourth-order valence-corrected chi connectivity index (χ4v) is 0.687. The number of rotatable bonds is 4. The molecule has 12 heavy (non-hydrogen) atoms. The summed E-state index contributed by atoms with van der Waals surface area (Å²) < 4.78 is 0. The van der Waals surface area contributed by atoms with E-state index in [2.05, 4.69) is 5.32 Å². The van der Waals surface area contributed by atoms with Gasteiger partial charge in [0.15, 0.2) is 0 Å². The molecule has 0 aliphatic carbocycles. The Bertz CT molecular complexity index is 179. The van der Waals surface area contributed by atoms with E-state index in [-0.39, 0.29) is 18.4 Å². The quantitative estimate of drug-likeness (QED) is 0.526. The second-order valence-corrected chi connectivity index (χ2v) is 2.80. The Morgan fingerprint density at radius 2 is 2.00 bits per heavy atom. The van der Waals surface area contributed by atoms with E-state index < -0.39 is 12.0 Å². The summed E-state index contributed by atoms with van der Waals surface area (Å²) in [6, 6.07) is -0.970. The minimum atomic E-state index is -0.938. The molecule has 0 heterocycles. The average Bonchev–Trinajstić information content (AvgIpc) is 1.84. The van der Waals surface area contributed by atoms with Crippen molar-refractivity contribution in [2.75, 3.05) is 0 Å². The summed E-state index contributed by atoms with van der Waals surface area (Å²) in [4.78, 5) is 21.1. The first kappa shape index (κ1) is 10.9. The predicted octanol–water partition coefficient (Wildman–Crippen LogP) is -0.687. The minimum absolute atomic E-state index is 0.0849. The molecule has 0 spiro atoms. The number of nitrogens with two attached hydrogens (primary N) is 1. The maximum atomic E-state index is 10.9. The highest BCUT2D eigenvalue weighted by Gasteiger charge is 2.12. The van der Waals surface area contributed by atoms with Gasteiger partial charge >= 0.3 is 5.97 Å². The van der Waals surface area contributed by atoms with E-state index in [1.54, 1.807) is 13.8 Å². The summed E-state index contributed by atoms with van der Waals surface area (Å²) in [6.45, 7) is 3.16. The zero-order valence-electron chi connectivity index (χ0n) is 7.20. The van der Waals surface area contributed by atoms with Gasteiger partial charge in [0.1, 0.15) is 0 Å². The number of carboxylic acid groups (broad SMARTS) is 1. The van der Waals surface area contributed by atoms with Gasteiger partial charge in [0.05, 0.1) is 12.5 Å². The van der Waals surface area contributed by atoms with Gasteiger partial charge in [-0.2, -0.15) is 0 Å². The van der Waals surface area contributed by atoms with Gasteiger partial charge in [-0.1, -0.05) is 0 Å². The molecule has 0 aliphatic heterocycles. The Morgan fingerprint density at radius 3 is 2.33 bits per heavy atom. The largest absolute Gasteiger partial charge is 0.481 e. The van der Waals surface area contributed by atoms with E-state index in [9.17, 15) is 9.59 Å². The smallest absolute Gasteiger partial charge is 0.305 e. The molecule has 5 heteroatoms. The molecule has 0 saturated carbocycles. The lowest BCUT2D eigenvalue weighted by molar-refractivity contribution is -0.137. The maximum Gasteiger partial charge on any atom is 0.305 e. The van der Waals surface area contributed by atoms with Crippen LogP contribution in [-0.2, 0) is 9.59 Å². The lowest BCUT2D eigenvalue weighted by Gasteiger charge is -2.12. The first-order valence-corrected chi connectivity index (χ1v) is 3.71. The molecule has 5 nitrogen and oxygen atoms in total. The Balaban J connectivity index is 3.76. The van der Waals surface area contributed by atoms with E-state index in [1.807, 2.05) is 0 Å². The molecule has 4 N–H and O–H groups in total. The van der Waals surface area contributed by atoms with Gasteiger partial charge in [-0.25, -0.2) is 0 Å². The van der Waals surface area contributed by atoms with Crippen LogP contribution in [0, 0.1) is 0 Å². The molecule has 1 amide bonds. The number of carbonyl (C=O) groups excluding carboxylic acids is 1. The third-order valence-corrected chi connectivity index (χ3v) is 1.28. The predicted molar refractivity (Wildman–Crippen MR) is 43.5 cm³/mol. The number of carboxylic acids is 1. The Kier molecular flexibility index (Phi) is 4.28. The molecule has 0 rings (SSSR count). The molecule has 0 saturated heterocycles. The number of carbonyl (C=O) groups is 2. The van der Waals surface area contributed by atoms with Crippen LogP contribution in [0.4, 0.5) is 0 Å². The van der Waals surface area contributed by atoms with Crippen molar-refractivity contribution in [1.82, 2.24) is 5.32 Å². The van der Waals surface area contributed by atoms with Crippen LogP contribution < -0.4 is 11.1 Å². The summed E-state index contributed by atoms with van der Waals surface area (Å²) in [6.07, 6.45) is -0.0849. The zero-order chi connectivity index (χ0) is 9.72. The van der Waals surface area contributed by atoms with E-state index >= 15 is 0 Å². The van der Waals surface area contributed by atoms with Crippen molar-refractivity contribution in [2.45, 2.75) is 32.4 Å². The van der Waals surface area contributed by atoms with Gasteiger partial charge < -0.3 is 16.2 Å². The lowest BCUT2D eigenvalue weighted by Crippen LogP contribution is -2.43. The normalized spacial score (nSPS) is 14.9. The molecule has 0 bridgehead atoms. The van der Waals surface area contributed by atoms with Gasteiger partial charge in [0.2, 0.25) is 5.91 Å². The van der Waals surface area contributed by atoms with Crippen LogP contribution in [0.3, 0.4) is 0 Å². The van der Waals surface area contributed by atoms with E-state index in [1.165, 1.54) is 0 Å². The molecule has 1 unspecified atom stereocenters. The van der Waals surface area contributed by atoms with Crippen LogP contribution in [0.15, 0.2) is 0 Å². The maximum absolute atomic E-state index is 10.9. The molecule has 70 valence electrons. The molecule has 0 aromatic heterocycles. The molecular weight excluding hydrogens is 160 g/mol. The van der Waals surface area contributed by atoms with E-state index in [4.69, 9.17) is 10.8 Å². The van der Waals surface area contributed by atoms with Gasteiger partial charge in [0, 0.05) is 6.04 Å². The number of aliphatic carboxylic acids is 1. The molecule has 2 atom stereocenters. The first-order chi connectivity index (χ1) is 5.43. The average molecular weight is 174 g/mol. The van der Waals surface area contributed by atoms with Crippen molar-refractivity contribution in [3.63, 3.8) is 0 Å². The van der Waals surface area contributed by atoms with Gasteiger partial charge in [-0.05, 0) is 13.8 Å². The summed E-state index contributed by atoms with van der Waals surface area (Å²) in [5.41, 5.74) is 5.26. The second-order valence-electron chi connectivity index (χ2n) is 2.80. The Hall–Kier alpha value is -1.10. The fraction of sp³-hybridized carbons (Fsp3) is 0.714. The van der Waals surface area contributed by atoms with Crippen molar-refractivity contribution in [2.24, 2.45) is 5.73 Å². The number of hydrogen-bond donors (Lipinski definition) is 3. The van der Waals surface area contributed by atoms with Crippen LogP contribution in [0.1, 0.15) is 20.3 Å². The highest BCUT2D eigenvalue weighted by atomic mass is 16.4. The second kappa shape index (κ2) is 4.71. The first-order valence-electron chi connectivity index (χ1n) is 3.71. The van der Waals surface area contributed by atoms with E-state index in [0.29, 0.717) is 0 Å². The SMILES string of the molecule is CC(CC(=O)O)NC(=O)[C@@H](C)N. The van der Waals surface area contributed by atoms with Crippen molar-refractivity contribution < 1.29 is 14.7 Å². The topological polar surface area (TPSA) is 92.4 Å². The fourth-order valence-electron chi connectivity index (χ4n) is 0.687. The minimum Gasteiger partial charge on any atom is -0.481 e. The monoisotopic (exact) mass is 174 g/mol. The number of amides is 1. The molecule has 0 aromatic carbocycles. The molecular formula is C7H14N2O3. The van der Waals surface area contributed by atoms with E-state index in [0.717, 1.165) is 0 Å². The van der Waals surface area contributed by atoms with Gasteiger partial charge in [-0.15, -0.1) is 0 Å². The van der Waals surface area contributed by atoms with Crippen LogP contribution in [-0.4, -0.2) is 29.1 Å². The standard InChI is InChI=1S/C7H14N2O3/c1-4(3-6(10)11)9-7(12)5(2)8/h4-5H,3,8H2,1-2H3,(H,9,12)(H,10,11)/t4?,5-/m1/s1. The van der Waals surface area contributed by atoms with Crippen molar-refractivity contribution in [1.29, 1.82) is 0 Å². The van der Waals surface area contributed by atoms with Crippen molar-refractivity contribution in [3.8, 4) is 0 Å². The van der Waals surface area contributed by atoms with Crippen LogP contribution in [0.2, 0.25) is 0 Å².